The van der Waals surface area contributed by atoms with E-state index in [4.69, 9.17) is 27.9 Å². The molecule has 18 heavy (non-hydrogen) atoms. The van der Waals surface area contributed by atoms with Crippen LogP contribution in [0.1, 0.15) is 0 Å². The van der Waals surface area contributed by atoms with Gasteiger partial charge >= 0.3 is 0 Å². The molecule has 0 amide bonds. The van der Waals surface area contributed by atoms with Gasteiger partial charge in [0, 0.05) is 22.0 Å². The van der Waals surface area contributed by atoms with Crippen LogP contribution in [0.3, 0.4) is 0 Å². The van der Waals surface area contributed by atoms with Crippen molar-refractivity contribution in [1.29, 1.82) is 0 Å². The predicted molar refractivity (Wildman–Crippen MR) is 75.3 cm³/mol. The molecule has 0 fully saturated rings. The Morgan fingerprint density at radius 3 is 2.28 bits per heavy atom. The van der Waals surface area contributed by atoms with E-state index >= 15 is 0 Å². The van der Waals surface area contributed by atoms with E-state index in [1.54, 1.807) is 36.6 Å². The van der Waals surface area contributed by atoms with Crippen molar-refractivity contribution in [3.8, 4) is 11.5 Å². The molecule has 2 aromatic rings. The van der Waals surface area contributed by atoms with Crippen molar-refractivity contribution in [2.45, 2.75) is 4.90 Å². The van der Waals surface area contributed by atoms with E-state index in [2.05, 4.69) is 0 Å². The van der Waals surface area contributed by atoms with Crippen molar-refractivity contribution < 1.29 is 8.95 Å². The average Bonchev–Trinajstić information content (AvgIpc) is 2.34. The Morgan fingerprint density at radius 1 is 1.00 bits per heavy atom. The molecular formula is C13H10Cl2O2S. The molecule has 2 nitrogen and oxygen atoms in total. The first-order valence-electron chi connectivity index (χ1n) is 5.13. The monoisotopic (exact) mass is 300 g/mol. The summed E-state index contributed by atoms with van der Waals surface area (Å²) in [6.45, 7) is 0. The summed E-state index contributed by atoms with van der Waals surface area (Å²) in [5.74, 6) is 1.02. The van der Waals surface area contributed by atoms with Gasteiger partial charge in [-0.3, -0.25) is 4.21 Å². The van der Waals surface area contributed by atoms with Gasteiger partial charge in [0.05, 0.1) is 10.0 Å². The van der Waals surface area contributed by atoms with Crippen LogP contribution in [-0.2, 0) is 10.8 Å². The molecule has 94 valence electrons. The second-order valence-corrected chi connectivity index (χ2v) is 5.77. The third-order valence-corrected chi connectivity index (χ3v) is 3.82. The van der Waals surface area contributed by atoms with Gasteiger partial charge in [-0.2, -0.15) is 0 Å². The summed E-state index contributed by atoms with van der Waals surface area (Å²) in [6.07, 6.45) is 1.60. The molecule has 5 heteroatoms. The number of benzene rings is 2. The Morgan fingerprint density at radius 2 is 1.67 bits per heavy atom. The van der Waals surface area contributed by atoms with E-state index in [0.29, 0.717) is 26.4 Å². The van der Waals surface area contributed by atoms with Gasteiger partial charge in [0.25, 0.3) is 0 Å². The molecule has 1 unspecified atom stereocenters. The number of rotatable bonds is 3. The van der Waals surface area contributed by atoms with Crippen LogP contribution in [-0.4, -0.2) is 10.5 Å². The molecule has 0 saturated carbocycles. The summed E-state index contributed by atoms with van der Waals surface area (Å²) < 4.78 is 16.9. The van der Waals surface area contributed by atoms with Crippen molar-refractivity contribution in [2.75, 3.05) is 6.26 Å². The van der Waals surface area contributed by atoms with Crippen LogP contribution in [0.15, 0.2) is 47.4 Å². The zero-order valence-electron chi connectivity index (χ0n) is 9.52. The second-order valence-electron chi connectivity index (χ2n) is 3.58. The highest BCUT2D eigenvalue weighted by Crippen LogP contribution is 2.34. The minimum atomic E-state index is -1.06. The first-order chi connectivity index (χ1) is 8.58. The third-order valence-electron chi connectivity index (χ3n) is 2.29. The first-order valence-corrected chi connectivity index (χ1v) is 7.44. The van der Waals surface area contributed by atoms with E-state index in [-0.39, 0.29) is 0 Å². The average molecular weight is 301 g/mol. The van der Waals surface area contributed by atoms with Crippen LogP contribution in [0, 0.1) is 0 Å². The largest absolute Gasteiger partial charge is 0.454 e. The van der Waals surface area contributed by atoms with Crippen molar-refractivity contribution in [3.05, 3.63) is 52.5 Å². The SMILES string of the molecule is CS(=O)c1ccc(Oc2ccccc2Cl)c(Cl)c1. The lowest BCUT2D eigenvalue weighted by atomic mass is 10.3. The fourth-order valence-electron chi connectivity index (χ4n) is 1.39. The van der Waals surface area contributed by atoms with Gasteiger partial charge in [-0.25, -0.2) is 0 Å². The Bertz CT molecular complexity index is 599. The smallest absolute Gasteiger partial charge is 0.146 e. The van der Waals surface area contributed by atoms with Crippen molar-refractivity contribution in [3.63, 3.8) is 0 Å². The molecule has 0 spiro atoms. The van der Waals surface area contributed by atoms with Gasteiger partial charge < -0.3 is 4.74 Å². The molecule has 0 aliphatic heterocycles. The lowest BCUT2D eigenvalue weighted by Crippen LogP contribution is -1.90. The maximum Gasteiger partial charge on any atom is 0.146 e. The van der Waals surface area contributed by atoms with E-state index in [9.17, 15) is 4.21 Å². The second kappa shape index (κ2) is 5.74. The minimum absolute atomic E-state index is 0.405. The molecular weight excluding hydrogens is 291 g/mol. The molecule has 0 bridgehead atoms. The van der Waals surface area contributed by atoms with Crippen molar-refractivity contribution >= 4 is 34.0 Å². The van der Waals surface area contributed by atoms with Gasteiger partial charge in [-0.05, 0) is 30.3 Å². The fourth-order valence-corrected chi connectivity index (χ4v) is 2.39. The molecule has 0 heterocycles. The van der Waals surface area contributed by atoms with Crippen LogP contribution < -0.4 is 4.74 Å². The van der Waals surface area contributed by atoms with Gasteiger partial charge in [0.2, 0.25) is 0 Å². The predicted octanol–water partition coefficient (Wildman–Crippen LogP) is 4.52. The molecule has 1 atom stereocenters. The zero-order valence-corrected chi connectivity index (χ0v) is 11.9. The quantitative estimate of drug-likeness (QED) is 0.833. The van der Waals surface area contributed by atoms with Gasteiger partial charge in [-0.15, -0.1) is 0 Å². The van der Waals surface area contributed by atoms with E-state index < -0.39 is 10.8 Å². The normalized spacial score (nSPS) is 12.2. The van der Waals surface area contributed by atoms with Crippen molar-refractivity contribution in [2.24, 2.45) is 0 Å². The lowest BCUT2D eigenvalue weighted by molar-refractivity contribution is 0.483. The highest BCUT2D eigenvalue weighted by molar-refractivity contribution is 7.84. The molecule has 0 N–H and O–H groups in total. The van der Waals surface area contributed by atoms with Crippen molar-refractivity contribution in [1.82, 2.24) is 0 Å². The topological polar surface area (TPSA) is 26.3 Å². The summed E-state index contributed by atoms with van der Waals surface area (Å²) in [4.78, 5) is 0.659. The molecule has 0 aliphatic carbocycles. The molecule has 2 rings (SSSR count). The van der Waals surface area contributed by atoms with Gasteiger partial charge in [0.1, 0.15) is 11.5 Å². The molecule has 0 radical (unpaired) electrons. The molecule has 0 saturated heterocycles. The number of para-hydroxylation sites is 1. The summed E-state index contributed by atoms with van der Waals surface area (Å²) in [7, 11) is -1.06. The van der Waals surface area contributed by atoms with E-state index in [1.165, 1.54) is 0 Å². The highest BCUT2D eigenvalue weighted by Gasteiger charge is 2.08. The third kappa shape index (κ3) is 3.05. The molecule has 2 aromatic carbocycles. The summed E-state index contributed by atoms with van der Waals surface area (Å²) in [6, 6.07) is 12.2. The molecule has 0 aromatic heterocycles. The number of halogens is 2. The maximum atomic E-state index is 11.3. The number of ether oxygens (including phenoxy) is 1. The number of hydrogen-bond donors (Lipinski definition) is 0. The Labute approximate surface area is 118 Å². The van der Waals surface area contributed by atoms with Crippen LogP contribution in [0.4, 0.5) is 0 Å². The Kier molecular flexibility index (Phi) is 4.27. The standard InChI is InChI=1S/C13H10Cl2O2S/c1-18(16)9-6-7-13(11(15)8-9)17-12-5-3-2-4-10(12)14/h2-8H,1H3. The van der Waals surface area contributed by atoms with E-state index in [0.717, 1.165) is 0 Å². The summed E-state index contributed by atoms with van der Waals surface area (Å²) in [5.41, 5.74) is 0. The van der Waals surface area contributed by atoms with Crippen LogP contribution in [0.25, 0.3) is 0 Å². The van der Waals surface area contributed by atoms with Crippen LogP contribution in [0.5, 0.6) is 11.5 Å². The van der Waals surface area contributed by atoms with Gasteiger partial charge in [-0.1, -0.05) is 35.3 Å². The van der Waals surface area contributed by atoms with Crippen LogP contribution in [0.2, 0.25) is 10.0 Å². The zero-order chi connectivity index (χ0) is 13.1. The lowest BCUT2D eigenvalue weighted by Gasteiger charge is -2.09. The summed E-state index contributed by atoms with van der Waals surface area (Å²) in [5, 5.41) is 0.916. The van der Waals surface area contributed by atoms with E-state index in [1.807, 2.05) is 12.1 Å². The Balaban J connectivity index is 2.30. The minimum Gasteiger partial charge on any atom is -0.454 e. The first kappa shape index (κ1) is 13.4. The highest BCUT2D eigenvalue weighted by atomic mass is 35.5. The fraction of sp³-hybridized carbons (Fsp3) is 0.0769. The number of hydrogen-bond acceptors (Lipinski definition) is 2. The van der Waals surface area contributed by atoms with Crippen LogP contribution >= 0.6 is 23.2 Å². The Hall–Kier alpha value is -1.03. The van der Waals surface area contributed by atoms with Gasteiger partial charge in [0.15, 0.2) is 0 Å². The summed E-state index contributed by atoms with van der Waals surface area (Å²) >= 11 is 12.1. The maximum absolute atomic E-state index is 11.3. The molecule has 0 aliphatic rings.